The Kier molecular flexibility index (Phi) is 10.6. The van der Waals surface area contributed by atoms with Crippen molar-refractivity contribution in [3.05, 3.63) is 0 Å². The average Bonchev–Trinajstić information content (AvgIpc) is 2.38. The Hall–Kier alpha value is -0.310. The third kappa shape index (κ3) is 10.1. The largest absolute Gasteiger partial charge is 0.392 e. The van der Waals surface area contributed by atoms with Crippen molar-refractivity contribution in [3.8, 4) is 0 Å². The van der Waals surface area contributed by atoms with Gasteiger partial charge in [0.05, 0.1) is 5.60 Å². The van der Waals surface area contributed by atoms with Gasteiger partial charge < -0.3 is 9.64 Å². The molecule has 0 amide bonds. The van der Waals surface area contributed by atoms with Crippen molar-refractivity contribution in [2.45, 2.75) is 58.8 Å². The summed E-state index contributed by atoms with van der Waals surface area (Å²) < 4.78 is 58.5. The minimum absolute atomic E-state index is 0.453. The minimum atomic E-state index is -5.39. The van der Waals surface area contributed by atoms with E-state index in [1.54, 1.807) is 20.8 Å². The number of halogens is 2. The quantitative estimate of drug-likeness (QED) is 0.692. The molecule has 0 aliphatic heterocycles. The molecule has 0 heterocycles. The fourth-order valence-electron chi connectivity index (χ4n) is 1.13. The minimum Gasteiger partial charge on any atom is -0.368 e. The molecule has 0 aliphatic rings. The fraction of sp³-hybridized carbons (Fsp3) is 1.00. The molecule has 5 nitrogen and oxygen atoms in total. The van der Waals surface area contributed by atoms with Gasteiger partial charge in [0.2, 0.25) is 0 Å². The molecule has 0 atom stereocenters. The van der Waals surface area contributed by atoms with Crippen LogP contribution < -0.4 is 0 Å². The highest BCUT2D eigenvalue weighted by Crippen LogP contribution is 2.24. The zero-order valence-electron chi connectivity index (χ0n) is 13.8. The standard InChI is InChI=1S/C7H14F2O4S.C6H15N/c1-4-6(2,3)13-5-7(8,9)14(10,11)12;1-4-7(5-2)6-3/h4-5H2,1-3H3,(H,10,11,12);4-6H2,1-3H3. The topological polar surface area (TPSA) is 66.8 Å². The van der Waals surface area contributed by atoms with E-state index < -0.39 is 27.6 Å². The highest BCUT2D eigenvalue weighted by atomic mass is 32.2. The molecule has 130 valence electrons. The SMILES string of the molecule is CCC(C)(C)OCC(F)(F)S(=O)(=O)O.CCN(CC)CC. The highest BCUT2D eigenvalue weighted by Gasteiger charge is 2.45. The molecule has 0 bridgehead atoms. The summed E-state index contributed by atoms with van der Waals surface area (Å²) in [7, 11) is -5.39. The molecule has 0 spiro atoms. The van der Waals surface area contributed by atoms with Crippen molar-refractivity contribution < 1.29 is 26.5 Å². The molecule has 0 unspecified atom stereocenters. The summed E-state index contributed by atoms with van der Waals surface area (Å²) >= 11 is 0. The summed E-state index contributed by atoms with van der Waals surface area (Å²) in [4.78, 5) is 2.38. The van der Waals surface area contributed by atoms with E-state index in [1.165, 1.54) is 19.6 Å². The van der Waals surface area contributed by atoms with Crippen molar-refractivity contribution in [2.75, 3.05) is 26.2 Å². The summed E-state index contributed by atoms with van der Waals surface area (Å²) in [5.74, 6) is 0. The smallest absolute Gasteiger partial charge is 0.368 e. The Morgan fingerprint density at radius 2 is 1.43 bits per heavy atom. The normalized spacial score (nSPS) is 13.0. The number of nitrogens with zero attached hydrogens (tertiary/aromatic N) is 1. The monoisotopic (exact) mass is 333 g/mol. The first-order valence-electron chi connectivity index (χ1n) is 7.08. The van der Waals surface area contributed by atoms with Crippen LogP contribution in [0.15, 0.2) is 0 Å². The summed E-state index contributed by atoms with van der Waals surface area (Å²) in [6.07, 6.45) is 0.453. The van der Waals surface area contributed by atoms with E-state index in [2.05, 4.69) is 30.4 Å². The van der Waals surface area contributed by atoms with E-state index in [1.807, 2.05) is 0 Å². The maximum absolute atomic E-state index is 12.6. The van der Waals surface area contributed by atoms with Gasteiger partial charge in [0.25, 0.3) is 0 Å². The van der Waals surface area contributed by atoms with Gasteiger partial charge in [-0.15, -0.1) is 0 Å². The summed E-state index contributed by atoms with van der Waals surface area (Å²) in [5.41, 5.74) is -0.839. The molecule has 0 saturated carbocycles. The molecular formula is C13H29F2NO4S. The Balaban J connectivity index is 0. The van der Waals surface area contributed by atoms with Gasteiger partial charge in [-0.1, -0.05) is 27.7 Å². The van der Waals surface area contributed by atoms with Gasteiger partial charge in [0, 0.05) is 0 Å². The molecule has 8 heteroatoms. The zero-order valence-corrected chi connectivity index (χ0v) is 14.6. The Labute approximate surface area is 127 Å². The second kappa shape index (κ2) is 9.66. The van der Waals surface area contributed by atoms with E-state index in [0.29, 0.717) is 6.42 Å². The molecule has 0 radical (unpaired) electrons. The molecule has 21 heavy (non-hydrogen) atoms. The number of hydrogen-bond donors (Lipinski definition) is 1. The Morgan fingerprint density at radius 1 is 1.05 bits per heavy atom. The number of rotatable bonds is 8. The molecule has 0 aromatic heterocycles. The second-order valence-electron chi connectivity index (χ2n) is 5.13. The van der Waals surface area contributed by atoms with Crippen LogP contribution in [0.5, 0.6) is 0 Å². The van der Waals surface area contributed by atoms with Crippen molar-refractivity contribution in [2.24, 2.45) is 0 Å². The molecular weight excluding hydrogens is 304 g/mol. The van der Waals surface area contributed by atoms with Gasteiger partial charge >= 0.3 is 15.4 Å². The molecule has 0 rings (SSSR count). The van der Waals surface area contributed by atoms with Gasteiger partial charge in [-0.25, -0.2) is 0 Å². The summed E-state index contributed by atoms with van der Waals surface area (Å²) in [6, 6.07) is 0. The Morgan fingerprint density at radius 3 is 1.62 bits per heavy atom. The predicted molar refractivity (Wildman–Crippen MR) is 80.3 cm³/mol. The number of hydrogen-bond acceptors (Lipinski definition) is 4. The highest BCUT2D eigenvalue weighted by molar-refractivity contribution is 7.86. The van der Waals surface area contributed by atoms with Gasteiger partial charge in [0.1, 0.15) is 6.61 Å². The summed E-state index contributed by atoms with van der Waals surface area (Å²) in [5, 5.41) is -4.25. The van der Waals surface area contributed by atoms with Crippen molar-refractivity contribution in [1.29, 1.82) is 0 Å². The van der Waals surface area contributed by atoms with Crippen LogP contribution in [0.25, 0.3) is 0 Å². The van der Waals surface area contributed by atoms with Gasteiger partial charge in [-0.3, -0.25) is 4.55 Å². The zero-order chi connectivity index (χ0) is 17.3. The van der Waals surface area contributed by atoms with Crippen LogP contribution in [0.1, 0.15) is 48.0 Å². The fourth-order valence-corrected chi connectivity index (χ4v) is 1.33. The first kappa shape index (κ1) is 23.0. The Bertz CT molecular complexity index is 363. The first-order chi connectivity index (χ1) is 9.36. The van der Waals surface area contributed by atoms with Gasteiger partial charge in [0.15, 0.2) is 0 Å². The maximum atomic E-state index is 12.6. The lowest BCUT2D eigenvalue weighted by Crippen LogP contribution is -2.38. The van der Waals surface area contributed by atoms with Gasteiger partial charge in [-0.2, -0.15) is 17.2 Å². The van der Waals surface area contributed by atoms with E-state index >= 15 is 0 Å². The number of ether oxygens (including phenoxy) is 1. The third-order valence-electron chi connectivity index (χ3n) is 3.20. The first-order valence-corrected chi connectivity index (χ1v) is 8.52. The van der Waals surface area contributed by atoms with Crippen LogP contribution in [0.3, 0.4) is 0 Å². The van der Waals surface area contributed by atoms with Crippen molar-refractivity contribution in [1.82, 2.24) is 4.90 Å². The lowest BCUT2D eigenvalue weighted by Gasteiger charge is -2.25. The van der Waals surface area contributed by atoms with E-state index in [4.69, 9.17) is 4.55 Å². The van der Waals surface area contributed by atoms with Crippen molar-refractivity contribution in [3.63, 3.8) is 0 Å². The van der Waals surface area contributed by atoms with Gasteiger partial charge in [-0.05, 0) is 39.9 Å². The molecule has 0 fully saturated rings. The molecule has 0 aromatic carbocycles. The van der Waals surface area contributed by atoms with Crippen LogP contribution in [-0.4, -0.2) is 55.0 Å². The third-order valence-corrected chi connectivity index (χ3v) is 4.07. The van der Waals surface area contributed by atoms with E-state index in [-0.39, 0.29) is 0 Å². The van der Waals surface area contributed by atoms with Crippen LogP contribution in [0.2, 0.25) is 0 Å². The van der Waals surface area contributed by atoms with E-state index in [0.717, 1.165) is 0 Å². The van der Waals surface area contributed by atoms with E-state index in [9.17, 15) is 17.2 Å². The van der Waals surface area contributed by atoms with Crippen LogP contribution >= 0.6 is 0 Å². The predicted octanol–water partition coefficient (Wildman–Crippen LogP) is 3.02. The van der Waals surface area contributed by atoms with Crippen LogP contribution in [0, 0.1) is 0 Å². The summed E-state index contributed by atoms with van der Waals surface area (Å²) in [6.45, 7) is 13.6. The lowest BCUT2D eigenvalue weighted by molar-refractivity contribution is -0.0914. The molecule has 0 aliphatic carbocycles. The maximum Gasteiger partial charge on any atom is 0.392 e. The molecule has 1 N–H and O–H groups in total. The van der Waals surface area contributed by atoms with Crippen LogP contribution in [-0.2, 0) is 14.9 Å². The molecule has 0 aromatic rings. The van der Waals surface area contributed by atoms with Crippen LogP contribution in [0.4, 0.5) is 8.78 Å². The number of alkyl halides is 2. The average molecular weight is 333 g/mol. The molecule has 0 saturated heterocycles. The second-order valence-corrected chi connectivity index (χ2v) is 6.68. The lowest BCUT2D eigenvalue weighted by atomic mass is 10.1. The van der Waals surface area contributed by atoms with Crippen molar-refractivity contribution >= 4 is 10.1 Å².